The van der Waals surface area contributed by atoms with Crippen LogP contribution in [0.4, 0.5) is 0 Å². The van der Waals surface area contributed by atoms with Gasteiger partial charge in [-0.25, -0.2) is 0 Å². The molecule has 0 bridgehead atoms. The summed E-state index contributed by atoms with van der Waals surface area (Å²) < 4.78 is 5.24. The average molecular weight is 370 g/mol. The Labute approximate surface area is 161 Å². The molecule has 0 aromatic carbocycles. The van der Waals surface area contributed by atoms with Crippen LogP contribution in [0.15, 0.2) is 23.5 Å². The number of ketones is 2. The number of rotatable bonds is 2. The molecular formula is C23H30O4. The molecule has 27 heavy (non-hydrogen) atoms. The third kappa shape index (κ3) is 2.67. The number of allylic oxidation sites excluding steroid dienone is 3. The minimum atomic E-state index is -0.446. The van der Waals surface area contributed by atoms with Gasteiger partial charge in [-0.05, 0) is 80.8 Å². The zero-order chi connectivity index (χ0) is 19.6. The molecule has 0 aromatic heterocycles. The fourth-order valence-electron chi connectivity index (χ4n) is 7.17. The molecule has 0 aromatic rings. The van der Waals surface area contributed by atoms with E-state index < -0.39 is 5.97 Å². The summed E-state index contributed by atoms with van der Waals surface area (Å²) >= 11 is 0. The van der Waals surface area contributed by atoms with Crippen molar-refractivity contribution in [3.05, 3.63) is 23.5 Å². The maximum atomic E-state index is 12.4. The van der Waals surface area contributed by atoms with Gasteiger partial charge in [-0.1, -0.05) is 19.4 Å². The number of carbonyl (C=O) groups excluding carboxylic acids is 3. The van der Waals surface area contributed by atoms with Crippen molar-refractivity contribution in [3.63, 3.8) is 0 Å². The van der Waals surface area contributed by atoms with E-state index in [1.54, 1.807) is 13.0 Å². The predicted molar refractivity (Wildman–Crippen MR) is 101 cm³/mol. The average Bonchev–Trinajstić information content (AvgIpc) is 2.93. The van der Waals surface area contributed by atoms with Gasteiger partial charge in [-0.15, -0.1) is 0 Å². The minimum absolute atomic E-state index is 0.123. The lowest BCUT2D eigenvalue weighted by Gasteiger charge is -2.57. The third-order valence-electron chi connectivity index (χ3n) is 8.37. The monoisotopic (exact) mass is 370 g/mol. The van der Waals surface area contributed by atoms with Crippen LogP contribution in [0.2, 0.25) is 0 Å². The molecule has 0 aliphatic heterocycles. The molecule has 4 nitrogen and oxygen atoms in total. The first-order chi connectivity index (χ1) is 12.7. The Morgan fingerprint density at radius 2 is 1.81 bits per heavy atom. The zero-order valence-electron chi connectivity index (χ0n) is 16.8. The van der Waals surface area contributed by atoms with Gasteiger partial charge in [0.25, 0.3) is 0 Å². The van der Waals surface area contributed by atoms with Crippen molar-refractivity contribution >= 4 is 17.5 Å². The third-order valence-corrected chi connectivity index (χ3v) is 8.37. The van der Waals surface area contributed by atoms with Gasteiger partial charge in [0.2, 0.25) is 5.78 Å². The summed E-state index contributed by atoms with van der Waals surface area (Å²) in [6.45, 7) is 7.65. The number of Topliss-reactive ketones (excluding diaryl/α,β-unsaturated/α-hetero) is 1. The zero-order valence-corrected chi connectivity index (χ0v) is 16.8. The van der Waals surface area contributed by atoms with Crippen LogP contribution in [-0.2, 0) is 19.1 Å². The van der Waals surface area contributed by atoms with Gasteiger partial charge in [-0.3, -0.25) is 14.4 Å². The number of hydrogen-bond acceptors (Lipinski definition) is 4. The van der Waals surface area contributed by atoms with Crippen molar-refractivity contribution in [2.75, 3.05) is 0 Å². The molecule has 0 saturated heterocycles. The summed E-state index contributed by atoms with van der Waals surface area (Å²) in [7, 11) is 0. The number of hydrogen-bond donors (Lipinski definition) is 0. The molecule has 0 radical (unpaired) electrons. The van der Waals surface area contributed by atoms with Crippen molar-refractivity contribution in [1.29, 1.82) is 0 Å². The van der Waals surface area contributed by atoms with Crippen molar-refractivity contribution in [2.45, 2.75) is 66.2 Å². The van der Waals surface area contributed by atoms with E-state index in [9.17, 15) is 14.4 Å². The smallest absolute Gasteiger partial charge is 0.308 e. The van der Waals surface area contributed by atoms with Crippen molar-refractivity contribution in [2.24, 2.45) is 34.5 Å². The highest BCUT2D eigenvalue weighted by Gasteiger charge is 2.59. The highest BCUT2D eigenvalue weighted by molar-refractivity contribution is 6.05. The van der Waals surface area contributed by atoms with Crippen molar-refractivity contribution < 1.29 is 19.1 Å². The van der Waals surface area contributed by atoms with Gasteiger partial charge in [0.05, 0.1) is 0 Å². The predicted octanol–water partition coefficient (Wildman–Crippen LogP) is 4.39. The van der Waals surface area contributed by atoms with Crippen LogP contribution in [-0.4, -0.2) is 17.5 Å². The molecule has 3 saturated carbocycles. The Morgan fingerprint density at radius 3 is 2.48 bits per heavy atom. The van der Waals surface area contributed by atoms with Gasteiger partial charge in [-0.2, -0.15) is 0 Å². The maximum absolute atomic E-state index is 12.4. The Bertz CT molecular complexity index is 775. The van der Waals surface area contributed by atoms with E-state index in [0.717, 1.165) is 38.5 Å². The summed E-state index contributed by atoms with van der Waals surface area (Å²) in [6, 6.07) is 0. The van der Waals surface area contributed by atoms with E-state index >= 15 is 0 Å². The van der Waals surface area contributed by atoms with E-state index in [4.69, 9.17) is 4.74 Å². The number of esters is 1. The van der Waals surface area contributed by atoms with Gasteiger partial charge >= 0.3 is 5.97 Å². The standard InChI is InChI=1S/C23H30O4/c1-13(24)17-7-8-18-16-6-5-15-11-20(26)21(27-14(2)25)12-23(15,4)19(16)9-10-22(17,18)3/h11-12,16-19H,5-10H2,1-4H3/t16-,17+,18-,19-,22+,23-/m0/s1. The van der Waals surface area contributed by atoms with E-state index in [-0.39, 0.29) is 28.3 Å². The van der Waals surface area contributed by atoms with Gasteiger partial charge < -0.3 is 4.74 Å². The molecule has 0 spiro atoms. The van der Waals surface area contributed by atoms with Crippen molar-refractivity contribution in [1.82, 2.24) is 0 Å². The van der Waals surface area contributed by atoms with Crippen LogP contribution in [0, 0.1) is 34.5 Å². The Kier molecular flexibility index (Phi) is 4.25. The molecule has 4 aliphatic rings. The molecule has 146 valence electrons. The molecule has 4 aliphatic carbocycles. The van der Waals surface area contributed by atoms with Gasteiger partial charge in [0.15, 0.2) is 5.76 Å². The fraction of sp³-hybridized carbons (Fsp3) is 0.696. The molecule has 0 N–H and O–H groups in total. The van der Waals surface area contributed by atoms with E-state index in [1.165, 1.54) is 12.5 Å². The summed E-state index contributed by atoms with van der Waals surface area (Å²) in [4.78, 5) is 36.0. The first-order valence-electron chi connectivity index (χ1n) is 10.3. The highest BCUT2D eigenvalue weighted by Crippen LogP contribution is 2.66. The highest BCUT2D eigenvalue weighted by atomic mass is 16.5. The summed E-state index contributed by atoms with van der Waals surface area (Å²) in [5, 5.41) is 0. The van der Waals surface area contributed by atoms with Crippen LogP contribution in [0.25, 0.3) is 0 Å². The number of carbonyl (C=O) groups is 3. The summed E-state index contributed by atoms with van der Waals surface area (Å²) in [5.74, 6) is 1.70. The summed E-state index contributed by atoms with van der Waals surface area (Å²) in [6.07, 6.45) is 9.95. The lowest BCUT2D eigenvalue weighted by atomic mass is 9.47. The molecule has 0 amide bonds. The SMILES string of the molecule is CC(=O)OC1=C[C@@]2(C)C(=CC1=O)CC[C@H]1[C@@H]3CC[C@H](C(C)=O)[C@@]3(C)CC[C@@H]12. The number of fused-ring (bicyclic) bond motifs is 5. The minimum Gasteiger partial charge on any atom is -0.423 e. The quantitative estimate of drug-likeness (QED) is 0.676. The maximum Gasteiger partial charge on any atom is 0.308 e. The number of ether oxygens (including phenoxy) is 1. The van der Waals surface area contributed by atoms with Gasteiger partial charge in [0.1, 0.15) is 5.78 Å². The van der Waals surface area contributed by atoms with Crippen LogP contribution in [0.3, 0.4) is 0 Å². The summed E-state index contributed by atoms with van der Waals surface area (Å²) in [5.41, 5.74) is 1.09. The van der Waals surface area contributed by atoms with E-state index in [2.05, 4.69) is 13.8 Å². The first-order valence-corrected chi connectivity index (χ1v) is 10.3. The Balaban J connectivity index is 1.69. The lowest BCUT2D eigenvalue weighted by Crippen LogP contribution is -2.50. The van der Waals surface area contributed by atoms with Gasteiger partial charge in [0, 0.05) is 18.3 Å². The molecule has 0 unspecified atom stereocenters. The molecule has 3 fully saturated rings. The van der Waals surface area contributed by atoms with Crippen LogP contribution >= 0.6 is 0 Å². The molecular weight excluding hydrogens is 340 g/mol. The van der Waals surface area contributed by atoms with Crippen LogP contribution in [0.5, 0.6) is 0 Å². The van der Waals surface area contributed by atoms with E-state index in [0.29, 0.717) is 23.5 Å². The first kappa shape index (κ1) is 18.6. The molecule has 6 atom stereocenters. The second-order valence-corrected chi connectivity index (χ2v) is 9.62. The fourth-order valence-corrected chi connectivity index (χ4v) is 7.17. The molecule has 0 heterocycles. The molecule has 4 heteroatoms. The Morgan fingerprint density at radius 1 is 1.07 bits per heavy atom. The topological polar surface area (TPSA) is 60.4 Å². The van der Waals surface area contributed by atoms with Crippen LogP contribution < -0.4 is 0 Å². The second kappa shape index (κ2) is 6.15. The van der Waals surface area contributed by atoms with Crippen LogP contribution in [0.1, 0.15) is 66.2 Å². The Hall–Kier alpha value is -1.71. The van der Waals surface area contributed by atoms with E-state index in [1.807, 2.05) is 6.08 Å². The largest absolute Gasteiger partial charge is 0.423 e. The second-order valence-electron chi connectivity index (χ2n) is 9.62. The normalized spacial score (nSPS) is 43.0. The molecule has 4 rings (SSSR count). The lowest BCUT2D eigenvalue weighted by molar-refractivity contribution is -0.139. The van der Waals surface area contributed by atoms with Crippen molar-refractivity contribution in [3.8, 4) is 0 Å².